The van der Waals surface area contributed by atoms with Crippen molar-refractivity contribution in [1.29, 1.82) is 5.26 Å². The number of hydrogen-bond donors (Lipinski definition) is 1. The summed E-state index contributed by atoms with van der Waals surface area (Å²) in [7, 11) is 1.49. The summed E-state index contributed by atoms with van der Waals surface area (Å²) in [6.45, 7) is 4.09. The van der Waals surface area contributed by atoms with Crippen LogP contribution in [0.4, 0.5) is 11.4 Å². The molecule has 27 heavy (non-hydrogen) atoms. The molecule has 6 heteroatoms. The second-order valence-electron chi connectivity index (χ2n) is 6.51. The second kappa shape index (κ2) is 8.45. The number of methoxy groups -OCH3 is 1. The number of anilines is 2. The molecule has 1 N–H and O–H groups in total. The van der Waals surface area contributed by atoms with Crippen molar-refractivity contribution in [2.24, 2.45) is 0 Å². The predicted octanol–water partition coefficient (Wildman–Crippen LogP) is 3.49. The van der Waals surface area contributed by atoms with Crippen molar-refractivity contribution in [3.63, 3.8) is 0 Å². The van der Waals surface area contributed by atoms with Crippen molar-refractivity contribution >= 4 is 17.3 Å². The Morgan fingerprint density at radius 1 is 1.19 bits per heavy atom. The zero-order valence-electron chi connectivity index (χ0n) is 15.6. The Bertz CT molecular complexity index is 867. The van der Waals surface area contributed by atoms with E-state index in [4.69, 9.17) is 14.7 Å². The highest BCUT2D eigenvalue weighted by molar-refractivity contribution is 5.92. The molecule has 2 aromatic carbocycles. The lowest BCUT2D eigenvalue weighted by molar-refractivity contribution is -0.118. The number of ether oxygens (including phenoxy) is 2. The molecular weight excluding hydrogens is 342 g/mol. The lowest BCUT2D eigenvalue weighted by Gasteiger charge is -2.20. The molecule has 1 aliphatic heterocycles. The summed E-state index contributed by atoms with van der Waals surface area (Å²) >= 11 is 0. The summed E-state index contributed by atoms with van der Waals surface area (Å²) < 4.78 is 10.7. The Balaban J connectivity index is 1.60. The van der Waals surface area contributed by atoms with Crippen LogP contribution in [-0.4, -0.2) is 32.7 Å². The van der Waals surface area contributed by atoms with Crippen LogP contribution in [0.3, 0.4) is 0 Å². The first-order valence-electron chi connectivity index (χ1n) is 8.97. The van der Waals surface area contributed by atoms with Gasteiger partial charge in [-0.2, -0.15) is 5.26 Å². The monoisotopic (exact) mass is 365 g/mol. The number of carbonyl (C=O) groups is 1. The Morgan fingerprint density at radius 3 is 2.63 bits per heavy atom. The maximum absolute atomic E-state index is 12.2. The number of benzene rings is 2. The van der Waals surface area contributed by atoms with Gasteiger partial charge in [0.2, 0.25) is 0 Å². The third kappa shape index (κ3) is 4.50. The van der Waals surface area contributed by atoms with Gasteiger partial charge < -0.3 is 19.7 Å². The standard InChI is InChI=1S/C21H23N3O3/c1-15-11-17(6-7-18(15)24-9-3-4-10-24)23-21(25)14-27-19-8-5-16(13-22)12-20(19)26-2/h5-8,11-12H,3-4,9-10,14H2,1-2H3,(H,23,25). The van der Waals surface area contributed by atoms with E-state index in [2.05, 4.69) is 23.2 Å². The van der Waals surface area contributed by atoms with Crippen LogP contribution in [-0.2, 0) is 4.79 Å². The molecule has 140 valence electrons. The predicted molar refractivity (Wildman–Crippen MR) is 104 cm³/mol. The van der Waals surface area contributed by atoms with E-state index in [1.54, 1.807) is 18.2 Å². The fourth-order valence-corrected chi connectivity index (χ4v) is 3.24. The van der Waals surface area contributed by atoms with Gasteiger partial charge in [0.1, 0.15) is 0 Å². The summed E-state index contributed by atoms with van der Waals surface area (Å²) in [5.41, 5.74) is 3.58. The maximum atomic E-state index is 12.2. The van der Waals surface area contributed by atoms with Gasteiger partial charge in [-0.3, -0.25) is 4.79 Å². The molecule has 2 aromatic rings. The smallest absolute Gasteiger partial charge is 0.262 e. The summed E-state index contributed by atoms with van der Waals surface area (Å²) in [5.74, 6) is 0.592. The molecule has 0 spiro atoms. The lowest BCUT2D eigenvalue weighted by Crippen LogP contribution is -2.21. The van der Waals surface area contributed by atoms with Gasteiger partial charge in [0.05, 0.1) is 18.7 Å². The molecule has 3 rings (SSSR count). The summed E-state index contributed by atoms with van der Waals surface area (Å²) in [4.78, 5) is 14.6. The fraction of sp³-hybridized carbons (Fsp3) is 0.333. The molecule has 0 unspecified atom stereocenters. The van der Waals surface area contributed by atoms with Crippen molar-refractivity contribution in [2.45, 2.75) is 19.8 Å². The van der Waals surface area contributed by atoms with Crippen LogP contribution in [0.15, 0.2) is 36.4 Å². The molecule has 1 aliphatic rings. The molecule has 0 bridgehead atoms. The van der Waals surface area contributed by atoms with Gasteiger partial charge in [-0.1, -0.05) is 0 Å². The number of rotatable bonds is 6. The fourth-order valence-electron chi connectivity index (χ4n) is 3.24. The van der Waals surface area contributed by atoms with E-state index in [1.165, 1.54) is 25.6 Å². The van der Waals surface area contributed by atoms with Crippen LogP contribution in [0.2, 0.25) is 0 Å². The zero-order valence-corrected chi connectivity index (χ0v) is 15.6. The minimum Gasteiger partial charge on any atom is -0.493 e. The number of nitrogens with zero attached hydrogens (tertiary/aromatic N) is 2. The molecule has 1 amide bonds. The Morgan fingerprint density at radius 2 is 1.96 bits per heavy atom. The van der Waals surface area contributed by atoms with E-state index in [1.807, 2.05) is 18.2 Å². The topological polar surface area (TPSA) is 74.6 Å². The number of hydrogen-bond acceptors (Lipinski definition) is 5. The molecule has 1 heterocycles. The first-order chi connectivity index (χ1) is 13.1. The van der Waals surface area contributed by atoms with Gasteiger partial charge in [-0.15, -0.1) is 0 Å². The van der Waals surface area contributed by atoms with Crippen molar-refractivity contribution in [3.05, 3.63) is 47.5 Å². The van der Waals surface area contributed by atoms with Crippen molar-refractivity contribution < 1.29 is 14.3 Å². The van der Waals surface area contributed by atoms with E-state index >= 15 is 0 Å². The molecule has 0 saturated carbocycles. The maximum Gasteiger partial charge on any atom is 0.262 e. The number of amides is 1. The minimum atomic E-state index is -0.255. The largest absolute Gasteiger partial charge is 0.493 e. The molecule has 0 aromatic heterocycles. The quantitative estimate of drug-likeness (QED) is 0.848. The first-order valence-corrected chi connectivity index (χ1v) is 8.97. The molecule has 0 atom stereocenters. The van der Waals surface area contributed by atoms with Crippen molar-refractivity contribution in [3.8, 4) is 17.6 Å². The molecular formula is C21H23N3O3. The Kier molecular flexibility index (Phi) is 5.82. The van der Waals surface area contributed by atoms with Gasteiger partial charge >= 0.3 is 0 Å². The summed E-state index contributed by atoms with van der Waals surface area (Å²) in [6, 6.07) is 12.8. The minimum absolute atomic E-state index is 0.144. The highest BCUT2D eigenvalue weighted by Crippen LogP contribution is 2.28. The van der Waals surface area contributed by atoms with Gasteiger partial charge in [0.25, 0.3) is 5.91 Å². The van der Waals surface area contributed by atoms with E-state index in [0.29, 0.717) is 17.1 Å². The van der Waals surface area contributed by atoms with Crippen LogP contribution in [0.1, 0.15) is 24.0 Å². The van der Waals surface area contributed by atoms with Crippen LogP contribution >= 0.6 is 0 Å². The average molecular weight is 365 g/mol. The second-order valence-corrected chi connectivity index (χ2v) is 6.51. The first kappa shape index (κ1) is 18.6. The van der Waals surface area contributed by atoms with Crippen LogP contribution < -0.4 is 19.7 Å². The molecule has 0 radical (unpaired) electrons. The van der Waals surface area contributed by atoms with Gasteiger partial charge in [0.15, 0.2) is 18.1 Å². The number of nitrogens with one attached hydrogen (secondary N) is 1. The SMILES string of the molecule is COc1cc(C#N)ccc1OCC(=O)Nc1ccc(N2CCCC2)c(C)c1. The zero-order chi connectivity index (χ0) is 19.2. The average Bonchev–Trinajstić information content (AvgIpc) is 3.20. The van der Waals surface area contributed by atoms with Crippen LogP contribution in [0.5, 0.6) is 11.5 Å². The summed E-state index contributed by atoms with van der Waals surface area (Å²) in [5, 5.41) is 11.8. The normalized spacial score (nSPS) is 13.1. The van der Waals surface area contributed by atoms with E-state index < -0.39 is 0 Å². The molecule has 1 fully saturated rings. The molecule has 1 saturated heterocycles. The van der Waals surface area contributed by atoms with E-state index in [-0.39, 0.29) is 12.5 Å². The third-order valence-corrected chi connectivity index (χ3v) is 4.58. The molecule has 0 aliphatic carbocycles. The summed E-state index contributed by atoms with van der Waals surface area (Å²) in [6.07, 6.45) is 2.46. The number of nitriles is 1. The van der Waals surface area contributed by atoms with Crippen molar-refractivity contribution in [1.82, 2.24) is 0 Å². The van der Waals surface area contributed by atoms with Gasteiger partial charge in [-0.05, 0) is 55.7 Å². The van der Waals surface area contributed by atoms with Crippen LogP contribution in [0, 0.1) is 18.3 Å². The third-order valence-electron chi connectivity index (χ3n) is 4.58. The van der Waals surface area contributed by atoms with Crippen LogP contribution in [0.25, 0.3) is 0 Å². The van der Waals surface area contributed by atoms with E-state index in [0.717, 1.165) is 24.3 Å². The van der Waals surface area contributed by atoms with Gasteiger partial charge in [-0.25, -0.2) is 0 Å². The number of carbonyl (C=O) groups excluding carboxylic acids is 1. The Labute approximate surface area is 159 Å². The lowest BCUT2D eigenvalue weighted by atomic mass is 10.1. The van der Waals surface area contributed by atoms with Gasteiger partial charge in [0, 0.05) is 30.5 Å². The van der Waals surface area contributed by atoms with Crippen molar-refractivity contribution in [2.75, 3.05) is 37.0 Å². The molecule has 6 nitrogen and oxygen atoms in total. The highest BCUT2D eigenvalue weighted by Gasteiger charge is 2.15. The number of aryl methyl sites for hydroxylation is 1. The Hall–Kier alpha value is -3.20. The highest BCUT2D eigenvalue weighted by atomic mass is 16.5. The van der Waals surface area contributed by atoms with E-state index in [9.17, 15) is 4.79 Å².